The minimum atomic E-state index is 0.671. The SMILES string of the molecule is C=N/C=c1/cccc/c1=C(/C)c1ccc(-c2cc(-c3cccc(-c4cc5ccccc5c5ccccc45)c3)nc(-c3cccc(-c4cc5ccccc5c5ccccc45)c3)n2)cc1. The highest BCUT2D eigenvalue weighted by Gasteiger charge is 2.16. The van der Waals surface area contributed by atoms with Crippen molar-refractivity contribution in [2.45, 2.75) is 6.92 Å². The van der Waals surface area contributed by atoms with Gasteiger partial charge < -0.3 is 0 Å². The van der Waals surface area contributed by atoms with Crippen molar-refractivity contribution in [3.63, 3.8) is 0 Å². The van der Waals surface area contributed by atoms with Gasteiger partial charge in [-0.3, -0.25) is 4.99 Å². The van der Waals surface area contributed by atoms with Crippen LogP contribution in [0.25, 0.3) is 111 Å². The molecule has 11 aromatic rings. The van der Waals surface area contributed by atoms with E-state index in [9.17, 15) is 0 Å². The van der Waals surface area contributed by atoms with Crippen molar-refractivity contribution in [2.24, 2.45) is 4.99 Å². The second-order valence-electron chi connectivity index (χ2n) is 16.1. The first-order valence-corrected chi connectivity index (χ1v) is 21.3. The number of rotatable bonds is 7. The molecule has 0 unspecified atom stereocenters. The Labute approximate surface area is 366 Å². The molecular weight excluding hydrogens is 763 g/mol. The zero-order valence-electron chi connectivity index (χ0n) is 34.8. The normalized spacial score (nSPS) is 12.3. The summed E-state index contributed by atoms with van der Waals surface area (Å²) < 4.78 is 0. The van der Waals surface area contributed by atoms with Gasteiger partial charge in [-0.25, -0.2) is 9.97 Å². The van der Waals surface area contributed by atoms with Gasteiger partial charge in [0.1, 0.15) is 0 Å². The van der Waals surface area contributed by atoms with E-state index in [1.807, 2.05) is 12.3 Å². The lowest BCUT2D eigenvalue weighted by Crippen LogP contribution is -2.25. The molecule has 63 heavy (non-hydrogen) atoms. The van der Waals surface area contributed by atoms with Crippen LogP contribution in [0.4, 0.5) is 0 Å². The third kappa shape index (κ3) is 6.96. The Bertz CT molecular complexity index is 3530. The monoisotopic (exact) mass is 803 g/mol. The number of aliphatic imine (C=N–C) groups is 1. The van der Waals surface area contributed by atoms with Gasteiger partial charge in [0.2, 0.25) is 0 Å². The van der Waals surface area contributed by atoms with Gasteiger partial charge in [0, 0.05) is 28.1 Å². The van der Waals surface area contributed by atoms with E-state index < -0.39 is 0 Å². The lowest BCUT2D eigenvalue weighted by Gasteiger charge is -2.14. The summed E-state index contributed by atoms with van der Waals surface area (Å²) in [5.74, 6) is 0.671. The van der Waals surface area contributed by atoms with Crippen LogP contribution in [-0.2, 0) is 0 Å². The van der Waals surface area contributed by atoms with Crippen LogP contribution in [-0.4, -0.2) is 16.7 Å². The maximum Gasteiger partial charge on any atom is 0.160 e. The number of nitrogens with zero attached hydrogens (tertiary/aromatic N) is 3. The summed E-state index contributed by atoms with van der Waals surface area (Å²) in [6, 6.07) is 75.9. The van der Waals surface area contributed by atoms with E-state index in [0.29, 0.717) is 5.82 Å². The Morgan fingerprint density at radius 1 is 0.413 bits per heavy atom. The molecule has 0 saturated heterocycles. The third-order valence-electron chi connectivity index (χ3n) is 12.4. The molecule has 1 aromatic heterocycles. The van der Waals surface area contributed by atoms with Crippen molar-refractivity contribution in [1.29, 1.82) is 0 Å². The van der Waals surface area contributed by atoms with E-state index in [2.05, 4.69) is 225 Å². The second-order valence-corrected chi connectivity index (χ2v) is 16.1. The summed E-state index contributed by atoms with van der Waals surface area (Å²) in [4.78, 5) is 14.8. The van der Waals surface area contributed by atoms with E-state index in [4.69, 9.17) is 9.97 Å². The fraction of sp³-hybridized carbons (Fsp3) is 0.0167. The average molecular weight is 804 g/mol. The van der Waals surface area contributed by atoms with Crippen LogP contribution >= 0.6 is 0 Å². The standard InChI is InChI=1S/C60H41N3/c1-39(49-22-6-5-17-48(49)38-61-2)40-29-31-41(32-30-40)58-37-59(46-20-13-18-42(33-46)56-35-44-15-3-7-23-50(44)52-25-9-11-27-54(52)56)63-60(62-58)47-21-14-19-43(34-47)57-36-45-16-4-8-24-51(45)53-26-10-12-28-55(53)57/h3-38H,2H2,1H3/b48-38-,49-39+. The Balaban J connectivity index is 1.08. The Hall–Kier alpha value is -8.27. The van der Waals surface area contributed by atoms with E-state index in [0.717, 1.165) is 60.8 Å². The molecule has 296 valence electrons. The summed E-state index contributed by atoms with van der Waals surface area (Å²) in [6.07, 6.45) is 1.81. The molecule has 0 radical (unpaired) electrons. The van der Waals surface area contributed by atoms with Crippen LogP contribution < -0.4 is 10.4 Å². The van der Waals surface area contributed by atoms with E-state index >= 15 is 0 Å². The maximum absolute atomic E-state index is 5.37. The van der Waals surface area contributed by atoms with Crippen molar-refractivity contribution >= 4 is 61.6 Å². The molecule has 0 aliphatic carbocycles. The predicted octanol–water partition coefficient (Wildman–Crippen LogP) is 14.1. The molecule has 0 amide bonds. The highest BCUT2D eigenvalue weighted by Crippen LogP contribution is 2.39. The Kier molecular flexibility index (Phi) is 9.56. The van der Waals surface area contributed by atoms with Crippen molar-refractivity contribution in [3.8, 4) is 56.2 Å². The van der Waals surface area contributed by atoms with Gasteiger partial charge in [-0.2, -0.15) is 0 Å². The predicted molar refractivity (Wildman–Crippen MR) is 267 cm³/mol. The number of aromatic nitrogens is 2. The first-order valence-electron chi connectivity index (χ1n) is 21.3. The molecule has 0 saturated carbocycles. The molecule has 0 aliphatic rings. The minimum Gasteiger partial charge on any atom is -0.272 e. The van der Waals surface area contributed by atoms with Gasteiger partial charge in [0.15, 0.2) is 5.82 Å². The number of fused-ring (bicyclic) bond motifs is 6. The van der Waals surface area contributed by atoms with E-state index in [-0.39, 0.29) is 0 Å². The zero-order valence-corrected chi connectivity index (χ0v) is 34.8. The Morgan fingerprint density at radius 2 is 0.889 bits per heavy atom. The highest BCUT2D eigenvalue weighted by atomic mass is 14.9. The van der Waals surface area contributed by atoms with E-state index in [1.54, 1.807) is 0 Å². The van der Waals surface area contributed by atoms with Crippen molar-refractivity contribution in [2.75, 3.05) is 0 Å². The van der Waals surface area contributed by atoms with Gasteiger partial charge in [0.25, 0.3) is 0 Å². The molecule has 1 heterocycles. The van der Waals surface area contributed by atoms with Crippen LogP contribution in [0.2, 0.25) is 0 Å². The molecule has 0 fully saturated rings. The molecule has 3 nitrogen and oxygen atoms in total. The van der Waals surface area contributed by atoms with Crippen molar-refractivity contribution in [3.05, 3.63) is 228 Å². The summed E-state index contributed by atoms with van der Waals surface area (Å²) in [5.41, 5.74) is 11.6. The largest absolute Gasteiger partial charge is 0.272 e. The molecule has 0 N–H and O–H groups in total. The highest BCUT2D eigenvalue weighted by molar-refractivity contribution is 6.15. The maximum atomic E-state index is 5.37. The smallest absolute Gasteiger partial charge is 0.160 e. The average Bonchev–Trinajstić information content (AvgIpc) is 3.36. The van der Waals surface area contributed by atoms with Gasteiger partial charge in [-0.05, 0) is 126 Å². The van der Waals surface area contributed by atoms with Gasteiger partial charge >= 0.3 is 0 Å². The first kappa shape index (κ1) is 37.7. The zero-order chi connectivity index (χ0) is 42.3. The molecule has 0 bridgehead atoms. The van der Waals surface area contributed by atoms with Crippen LogP contribution in [0.5, 0.6) is 0 Å². The molecule has 3 heteroatoms. The van der Waals surface area contributed by atoms with Gasteiger partial charge in [-0.15, -0.1) is 0 Å². The molecule has 0 aliphatic heterocycles. The molecule has 0 atom stereocenters. The molecule has 11 rings (SSSR count). The van der Waals surface area contributed by atoms with E-state index in [1.165, 1.54) is 54.2 Å². The third-order valence-corrected chi connectivity index (χ3v) is 12.4. The first-order chi connectivity index (χ1) is 31.1. The molecular formula is C60H41N3. The fourth-order valence-corrected chi connectivity index (χ4v) is 9.23. The summed E-state index contributed by atoms with van der Waals surface area (Å²) in [5, 5.41) is 12.0. The number of hydrogen-bond acceptors (Lipinski definition) is 3. The van der Waals surface area contributed by atoms with Gasteiger partial charge in [-0.1, -0.05) is 182 Å². The topological polar surface area (TPSA) is 38.1 Å². The quantitative estimate of drug-likeness (QED) is 0.119. The Morgan fingerprint density at radius 3 is 1.49 bits per heavy atom. The molecule has 0 spiro atoms. The summed E-state index contributed by atoms with van der Waals surface area (Å²) in [6.45, 7) is 5.85. The second kappa shape index (κ2) is 16.0. The lowest BCUT2D eigenvalue weighted by atomic mass is 9.92. The lowest BCUT2D eigenvalue weighted by molar-refractivity contribution is 1.18. The minimum absolute atomic E-state index is 0.671. The fourth-order valence-electron chi connectivity index (χ4n) is 9.23. The summed E-state index contributed by atoms with van der Waals surface area (Å²) >= 11 is 0. The van der Waals surface area contributed by atoms with Crippen LogP contribution in [0.3, 0.4) is 0 Å². The number of benzene rings is 10. The van der Waals surface area contributed by atoms with Gasteiger partial charge in [0.05, 0.1) is 11.4 Å². The number of hydrogen-bond donors (Lipinski definition) is 0. The van der Waals surface area contributed by atoms with Crippen molar-refractivity contribution in [1.82, 2.24) is 9.97 Å². The van der Waals surface area contributed by atoms with Crippen LogP contribution in [0.15, 0.2) is 217 Å². The van der Waals surface area contributed by atoms with Crippen molar-refractivity contribution < 1.29 is 0 Å². The summed E-state index contributed by atoms with van der Waals surface area (Å²) in [7, 11) is 0. The van der Waals surface area contributed by atoms with Crippen LogP contribution in [0.1, 0.15) is 12.5 Å². The van der Waals surface area contributed by atoms with Crippen LogP contribution in [0, 0.1) is 0 Å². The molecule has 10 aromatic carbocycles.